The molecule has 1 aliphatic rings. The van der Waals surface area contributed by atoms with Crippen LogP contribution in [0.25, 0.3) is 0 Å². The van der Waals surface area contributed by atoms with Crippen molar-refractivity contribution in [1.29, 1.82) is 0 Å². The first kappa shape index (κ1) is 22.2. The van der Waals surface area contributed by atoms with Gasteiger partial charge in [-0.3, -0.25) is 9.89 Å². The number of hydrogen-bond donors (Lipinski definition) is 2. The minimum atomic E-state index is 0.526. The van der Waals surface area contributed by atoms with Gasteiger partial charge in [-0.2, -0.15) is 0 Å². The number of guanidine groups is 1. The van der Waals surface area contributed by atoms with Crippen LogP contribution in [-0.2, 0) is 9.47 Å². The molecule has 0 spiro atoms. The summed E-state index contributed by atoms with van der Waals surface area (Å²) in [6, 6.07) is 0.526. The molecule has 1 heterocycles. The molecule has 0 aromatic heterocycles. The first-order valence-corrected chi connectivity index (χ1v) is 10.0. The van der Waals surface area contributed by atoms with E-state index in [1.807, 2.05) is 7.05 Å². The molecular weight excluding hydrogens is 316 g/mol. The lowest BCUT2D eigenvalue weighted by Gasteiger charge is -2.35. The lowest BCUT2D eigenvalue weighted by Crippen LogP contribution is -2.48. The van der Waals surface area contributed by atoms with Crippen molar-refractivity contribution in [3.8, 4) is 0 Å². The Balaban J connectivity index is 2.04. The van der Waals surface area contributed by atoms with Crippen LogP contribution in [0.5, 0.6) is 0 Å². The first-order chi connectivity index (χ1) is 12.2. The molecule has 6 nitrogen and oxygen atoms in total. The number of aliphatic imine (C=N–C) groups is 1. The van der Waals surface area contributed by atoms with E-state index in [2.05, 4.69) is 41.3 Å². The highest BCUT2D eigenvalue weighted by Crippen LogP contribution is 2.17. The fourth-order valence-electron chi connectivity index (χ4n) is 3.03. The Labute approximate surface area is 154 Å². The summed E-state index contributed by atoms with van der Waals surface area (Å²) < 4.78 is 11.0. The molecule has 6 heteroatoms. The third kappa shape index (κ3) is 10.7. The van der Waals surface area contributed by atoms with Gasteiger partial charge < -0.3 is 20.1 Å². The Kier molecular flexibility index (Phi) is 12.7. The summed E-state index contributed by atoms with van der Waals surface area (Å²) in [5, 5.41) is 6.73. The van der Waals surface area contributed by atoms with Gasteiger partial charge in [0.1, 0.15) is 0 Å². The molecule has 0 radical (unpaired) electrons. The SMILES string of the molecule is CCCCOCCOCCNC(=NC)NCC(C)N1CCCC(C)C1. The zero-order valence-corrected chi connectivity index (χ0v) is 16.9. The quantitative estimate of drug-likeness (QED) is 0.319. The number of ether oxygens (including phenoxy) is 2. The van der Waals surface area contributed by atoms with E-state index in [0.717, 1.165) is 38.0 Å². The average molecular weight is 357 g/mol. The molecule has 0 bridgehead atoms. The average Bonchev–Trinajstić information content (AvgIpc) is 2.62. The first-order valence-electron chi connectivity index (χ1n) is 10.0. The largest absolute Gasteiger partial charge is 0.379 e. The zero-order valence-electron chi connectivity index (χ0n) is 16.9. The third-order valence-electron chi connectivity index (χ3n) is 4.65. The van der Waals surface area contributed by atoms with E-state index in [4.69, 9.17) is 9.47 Å². The minimum absolute atomic E-state index is 0.526. The molecule has 1 saturated heterocycles. The normalized spacial score (nSPS) is 20.5. The summed E-state index contributed by atoms with van der Waals surface area (Å²) in [4.78, 5) is 6.86. The lowest BCUT2D eigenvalue weighted by atomic mass is 9.99. The van der Waals surface area contributed by atoms with Crippen molar-refractivity contribution in [2.75, 3.05) is 59.7 Å². The van der Waals surface area contributed by atoms with Crippen molar-refractivity contribution in [2.24, 2.45) is 10.9 Å². The predicted molar refractivity (Wildman–Crippen MR) is 105 cm³/mol. The molecule has 1 fully saturated rings. The highest BCUT2D eigenvalue weighted by molar-refractivity contribution is 5.79. The molecule has 0 aliphatic carbocycles. The summed E-state index contributed by atoms with van der Waals surface area (Å²) in [6.07, 6.45) is 4.98. The summed E-state index contributed by atoms with van der Waals surface area (Å²) in [6.45, 7) is 13.7. The summed E-state index contributed by atoms with van der Waals surface area (Å²) in [7, 11) is 1.81. The number of hydrogen-bond acceptors (Lipinski definition) is 4. The van der Waals surface area contributed by atoms with E-state index < -0.39 is 0 Å². The van der Waals surface area contributed by atoms with E-state index in [-0.39, 0.29) is 0 Å². The Bertz CT molecular complexity index is 352. The van der Waals surface area contributed by atoms with Crippen LogP contribution in [0.4, 0.5) is 0 Å². The predicted octanol–water partition coefficient (Wildman–Crippen LogP) is 2.11. The molecular formula is C19H40N4O2. The molecule has 148 valence electrons. The standard InChI is InChI=1S/C19H40N4O2/c1-5-6-11-24-13-14-25-12-9-21-19(20-4)22-15-18(3)23-10-7-8-17(2)16-23/h17-18H,5-16H2,1-4H3,(H2,20,21,22). The van der Waals surface area contributed by atoms with Crippen molar-refractivity contribution in [3.63, 3.8) is 0 Å². The van der Waals surface area contributed by atoms with Gasteiger partial charge in [0.15, 0.2) is 5.96 Å². The van der Waals surface area contributed by atoms with Gasteiger partial charge in [0.25, 0.3) is 0 Å². The third-order valence-corrected chi connectivity index (χ3v) is 4.65. The monoisotopic (exact) mass is 356 g/mol. The van der Waals surface area contributed by atoms with Gasteiger partial charge in [-0.25, -0.2) is 0 Å². The maximum Gasteiger partial charge on any atom is 0.191 e. The molecule has 0 amide bonds. The van der Waals surface area contributed by atoms with E-state index >= 15 is 0 Å². The van der Waals surface area contributed by atoms with Crippen LogP contribution in [0, 0.1) is 5.92 Å². The molecule has 0 aromatic carbocycles. The lowest BCUT2D eigenvalue weighted by molar-refractivity contribution is 0.0487. The summed E-state index contributed by atoms with van der Waals surface area (Å²) in [5.74, 6) is 1.66. The van der Waals surface area contributed by atoms with E-state index in [1.165, 1.54) is 32.4 Å². The topological polar surface area (TPSA) is 58.1 Å². The fourth-order valence-corrected chi connectivity index (χ4v) is 3.03. The van der Waals surface area contributed by atoms with Crippen LogP contribution >= 0.6 is 0 Å². The van der Waals surface area contributed by atoms with Gasteiger partial charge >= 0.3 is 0 Å². The molecule has 0 saturated carbocycles. The van der Waals surface area contributed by atoms with Crippen LogP contribution in [-0.4, -0.2) is 76.6 Å². The maximum atomic E-state index is 5.56. The smallest absolute Gasteiger partial charge is 0.191 e. The second-order valence-electron chi connectivity index (χ2n) is 7.05. The van der Waals surface area contributed by atoms with E-state index in [9.17, 15) is 0 Å². The maximum absolute atomic E-state index is 5.56. The van der Waals surface area contributed by atoms with Crippen LogP contribution in [0.1, 0.15) is 46.5 Å². The number of likely N-dealkylation sites (tertiary alicyclic amines) is 1. The number of nitrogens with one attached hydrogen (secondary N) is 2. The molecule has 1 rings (SSSR count). The molecule has 0 aromatic rings. The van der Waals surface area contributed by atoms with Crippen molar-refractivity contribution in [2.45, 2.75) is 52.5 Å². The van der Waals surface area contributed by atoms with Gasteiger partial charge in [0, 0.05) is 39.3 Å². The van der Waals surface area contributed by atoms with Gasteiger partial charge in [0.2, 0.25) is 0 Å². The number of piperidine rings is 1. The van der Waals surface area contributed by atoms with Crippen molar-refractivity contribution in [3.05, 3.63) is 0 Å². The second kappa shape index (κ2) is 14.3. The Hall–Kier alpha value is -0.850. The van der Waals surface area contributed by atoms with Crippen molar-refractivity contribution < 1.29 is 9.47 Å². The van der Waals surface area contributed by atoms with Gasteiger partial charge in [0.05, 0.1) is 19.8 Å². The molecule has 2 atom stereocenters. The number of nitrogens with zero attached hydrogens (tertiary/aromatic N) is 2. The second-order valence-corrected chi connectivity index (χ2v) is 7.05. The molecule has 2 unspecified atom stereocenters. The summed E-state index contributed by atoms with van der Waals surface area (Å²) in [5.41, 5.74) is 0. The van der Waals surface area contributed by atoms with Crippen LogP contribution in [0.2, 0.25) is 0 Å². The fraction of sp³-hybridized carbons (Fsp3) is 0.947. The highest BCUT2D eigenvalue weighted by atomic mass is 16.5. The molecule has 25 heavy (non-hydrogen) atoms. The van der Waals surface area contributed by atoms with Crippen molar-refractivity contribution >= 4 is 5.96 Å². The van der Waals surface area contributed by atoms with E-state index in [1.54, 1.807) is 0 Å². The van der Waals surface area contributed by atoms with Gasteiger partial charge in [-0.1, -0.05) is 20.3 Å². The van der Waals surface area contributed by atoms with Crippen LogP contribution in [0.15, 0.2) is 4.99 Å². The highest BCUT2D eigenvalue weighted by Gasteiger charge is 2.20. The van der Waals surface area contributed by atoms with E-state index in [0.29, 0.717) is 25.9 Å². The van der Waals surface area contributed by atoms with Gasteiger partial charge in [-0.15, -0.1) is 0 Å². The zero-order chi connectivity index (χ0) is 18.3. The Morgan fingerprint density at radius 1 is 1.20 bits per heavy atom. The van der Waals surface area contributed by atoms with Crippen LogP contribution < -0.4 is 10.6 Å². The Morgan fingerprint density at radius 2 is 1.96 bits per heavy atom. The molecule has 2 N–H and O–H groups in total. The minimum Gasteiger partial charge on any atom is -0.379 e. The Morgan fingerprint density at radius 3 is 2.64 bits per heavy atom. The van der Waals surface area contributed by atoms with Gasteiger partial charge in [-0.05, 0) is 38.6 Å². The van der Waals surface area contributed by atoms with Crippen molar-refractivity contribution in [1.82, 2.24) is 15.5 Å². The van der Waals surface area contributed by atoms with Crippen LogP contribution in [0.3, 0.4) is 0 Å². The summed E-state index contributed by atoms with van der Waals surface area (Å²) >= 11 is 0. The number of unbranched alkanes of at least 4 members (excludes halogenated alkanes) is 1. The molecule has 1 aliphatic heterocycles. The number of rotatable bonds is 12.